The average molecular weight is 478 g/mol. The second kappa shape index (κ2) is 8.81. The smallest absolute Gasteiger partial charge is 0.294 e. The van der Waals surface area contributed by atoms with Gasteiger partial charge in [0.1, 0.15) is 11.4 Å². The number of hydrogen-bond donors (Lipinski definition) is 4. The number of fused-ring (bicyclic) bond motifs is 1. The van der Waals surface area contributed by atoms with Gasteiger partial charge in [-0.15, -0.1) is 4.83 Å². The normalized spacial score (nSPS) is 11.3. The third-order valence-electron chi connectivity index (χ3n) is 5.05. The molecule has 0 spiro atoms. The molecule has 0 bridgehead atoms. The number of ketones is 1. The topological polar surface area (TPSA) is 165 Å². The maximum atomic E-state index is 12.8. The number of nitro benzene ring substituents is 1. The molecule has 0 aliphatic rings. The van der Waals surface area contributed by atoms with Crippen LogP contribution < -0.4 is 16.0 Å². The number of nitrogens with one attached hydrogen (secondary N) is 2. The molecular formula is C23H18N4O6S. The summed E-state index contributed by atoms with van der Waals surface area (Å²) in [4.78, 5) is 25.3. The molecule has 0 saturated heterocycles. The van der Waals surface area contributed by atoms with Crippen molar-refractivity contribution in [2.75, 3.05) is 11.2 Å². The lowest BCUT2D eigenvalue weighted by molar-refractivity contribution is -0.384. The molecule has 0 fully saturated rings. The van der Waals surface area contributed by atoms with E-state index < -0.39 is 26.4 Å². The molecule has 4 aromatic carbocycles. The maximum absolute atomic E-state index is 12.8. The number of rotatable bonds is 7. The molecule has 11 heteroatoms. The highest BCUT2D eigenvalue weighted by Gasteiger charge is 2.22. The number of nitrogens with two attached hydrogens (primary N) is 1. The van der Waals surface area contributed by atoms with Gasteiger partial charge in [0.25, 0.3) is 15.7 Å². The van der Waals surface area contributed by atoms with Crippen molar-refractivity contribution in [1.82, 2.24) is 4.83 Å². The van der Waals surface area contributed by atoms with Gasteiger partial charge in [-0.1, -0.05) is 36.4 Å². The number of hydrogen-bond acceptors (Lipinski definition) is 8. The lowest BCUT2D eigenvalue weighted by Crippen LogP contribution is -2.30. The van der Waals surface area contributed by atoms with Crippen molar-refractivity contribution in [3.63, 3.8) is 0 Å². The number of anilines is 2. The number of nitrogens with zero attached hydrogens (tertiary/aromatic N) is 1. The summed E-state index contributed by atoms with van der Waals surface area (Å²) in [6.07, 6.45) is 0. The van der Waals surface area contributed by atoms with Gasteiger partial charge in [0, 0.05) is 34.3 Å². The first-order chi connectivity index (χ1) is 16.2. The number of carbonyl (C=O) groups excluding carboxylic acids is 1. The molecule has 4 aromatic rings. The maximum Gasteiger partial charge on any atom is 0.294 e. The van der Waals surface area contributed by atoms with Crippen LogP contribution in [0, 0.1) is 10.1 Å². The van der Waals surface area contributed by atoms with E-state index in [2.05, 4.69) is 10.3 Å². The van der Waals surface area contributed by atoms with E-state index in [9.17, 15) is 28.4 Å². The third kappa shape index (κ3) is 4.51. The Morgan fingerprint density at radius 2 is 1.68 bits per heavy atom. The molecule has 0 aliphatic carbocycles. The number of carbonyl (C=O) groups is 1. The van der Waals surface area contributed by atoms with Gasteiger partial charge in [0.2, 0.25) is 0 Å². The van der Waals surface area contributed by atoms with Crippen LogP contribution in [0.5, 0.6) is 5.75 Å². The Morgan fingerprint density at radius 3 is 2.38 bits per heavy atom. The molecule has 0 atom stereocenters. The Labute approximate surface area is 193 Å². The Hall–Kier alpha value is -4.48. The van der Waals surface area contributed by atoms with Crippen LogP contribution in [-0.4, -0.2) is 24.2 Å². The third-order valence-corrected chi connectivity index (χ3v) is 6.28. The Balaban J connectivity index is 1.61. The zero-order chi connectivity index (χ0) is 24.5. The van der Waals surface area contributed by atoms with Crippen LogP contribution in [-0.2, 0) is 10.0 Å². The lowest BCUT2D eigenvalue weighted by Gasteiger charge is -2.12. The fourth-order valence-corrected chi connectivity index (χ4v) is 4.26. The largest absolute Gasteiger partial charge is 0.507 e. The van der Waals surface area contributed by atoms with Gasteiger partial charge in [0.05, 0.1) is 9.82 Å². The fourth-order valence-electron chi connectivity index (χ4n) is 3.35. The lowest BCUT2D eigenvalue weighted by atomic mass is 10.0. The van der Waals surface area contributed by atoms with Gasteiger partial charge in [0.15, 0.2) is 5.78 Å². The van der Waals surface area contributed by atoms with Crippen LogP contribution in [0.15, 0.2) is 83.8 Å². The predicted molar refractivity (Wildman–Crippen MR) is 127 cm³/mol. The van der Waals surface area contributed by atoms with Crippen LogP contribution in [0.2, 0.25) is 0 Å². The van der Waals surface area contributed by atoms with Crippen molar-refractivity contribution in [3.8, 4) is 5.75 Å². The number of aromatic hydroxyl groups is 1. The van der Waals surface area contributed by atoms with E-state index in [1.165, 1.54) is 24.3 Å². The highest BCUT2D eigenvalue weighted by molar-refractivity contribution is 7.89. The minimum atomic E-state index is -4.24. The highest BCUT2D eigenvalue weighted by Crippen LogP contribution is 2.31. The molecule has 5 N–H and O–H groups in total. The van der Waals surface area contributed by atoms with Gasteiger partial charge < -0.3 is 16.3 Å². The summed E-state index contributed by atoms with van der Waals surface area (Å²) in [6, 6.07) is 18.9. The van der Waals surface area contributed by atoms with E-state index >= 15 is 0 Å². The zero-order valence-corrected chi connectivity index (χ0v) is 18.2. The second-order valence-corrected chi connectivity index (χ2v) is 9.02. The monoisotopic (exact) mass is 478 g/mol. The number of hydrazine groups is 1. The summed E-state index contributed by atoms with van der Waals surface area (Å²) in [5, 5.41) is 22.6. The average Bonchev–Trinajstić information content (AvgIpc) is 2.83. The van der Waals surface area contributed by atoms with Crippen LogP contribution >= 0.6 is 0 Å². The van der Waals surface area contributed by atoms with Crippen molar-refractivity contribution in [2.45, 2.75) is 4.90 Å². The van der Waals surface area contributed by atoms with Crippen molar-refractivity contribution >= 4 is 43.6 Å². The van der Waals surface area contributed by atoms with Crippen LogP contribution in [0.3, 0.4) is 0 Å². The van der Waals surface area contributed by atoms with E-state index in [0.717, 1.165) is 12.1 Å². The van der Waals surface area contributed by atoms with Gasteiger partial charge in [-0.3, -0.25) is 14.9 Å². The summed E-state index contributed by atoms with van der Waals surface area (Å²) in [5.74, 6) is -0.706. The highest BCUT2D eigenvalue weighted by atomic mass is 32.2. The number of phenols is 1. The molecule has 172 valence electrons. The number of sulfonamides is 1. The molecule has 34 heavy (non-hydrogen) atoms. The predicted octanol–water partition coefficient (Wildman–Crippen LogP) is 3.57. The molecule has 10 nitrogen and oxygen atoms in total. The van der Waals surface area contributed by atoms with Gasteiger partial charge in [-0.25, -0.2) is 8.42 Å². The molecule has 4 rings (SSSR count). The Morgan fingerprint density at radius 1 is 0.941 bits per heavy atom. The summed E-state index contributed by atoms with van der Waals surface area (Å²) >= 11 is 0. The van der Waals surface area contributed by atoms with Crippen molar-refractivity contribution in [1.29, 1.82) is 0 Å². The summed E-state index contributed by atoms with van der Waals surface area (Å²) in [7, 11) is -4.24. The number of nitro groups is 1. The standard InChI is InChI=1S/C23H18N4O6S/c24-17-8-6-15-10-18(13-22(28)19(15)12-17)34(32,33)26-25-20-9-7-16(11-21(20)27(30)31)23(29)14-4-2-1-3-5-14/h1-13,25-26,28H,24H2. The van der Waals surface area contributed by atoms with E-state index in [1.807, 2.05) is 0 Å². The summed E-state index contributed by atoms with van der Waals surface area (Å²) < 4.78 is 25.6. The Bertz CT molecular complexity index is 1540. The van der Waals surface area contributed by atoms with E-state index in [-0.39, 0.29) is 21.9 Å². The molecule has 0 aliphatic heterocycles. The molecule has 0 unspecified atom stereocenters. The minimum absolute atomic E-state index is 0.0741. The number of benzene rings is 4. The molecule has 0 heterocycles. The van der Waals surface area contributed by atoms with Crippen molar-refractivity contribution in [3.05, 3.63) is 100 Å². The molecule has 0 amide bonds. The number of phenolic OH excluding ortho intramolecular Hbond substituents is 1. The van der Waals surface area contributed by atoms with Crippen molar-refractivity contribution < 1.29 is 23.2 Å². The van der Waals surface area contributed by atoms with Crippen LogP contribution in [0.1, 0.15) is 15.9 Å². The van der Waals surface area contributed by atoms with Crippen LogP contribution in [0.25, 0.3) is 10.8 Å². The quantitative estimate of drug-likeness (QED) is 0.135. The first-order valence-corrected chi connectivity index (χ1v) is 11.3. The zero-order valence-electron chi connectivity index (χ0n) is 17.4. The van der Waals surface area contributed by atoms with Crippen LogP contribution in [0.4, 0.5) is 17.1 Å². The molecule has 0 radical (unpaired) electrons. The molecule has 0 aromatic heterocycles. The van der Waals surface area contributed by atoms with Gasteiger partial charge in [-0.05, 0) is 35.7 Å². The molecular weight excluding hydrogens is 460 g/mol. The Kier molecular flexibility index (Phi) is 5.88. The van der Waals surface area contributed by atoms with E-state index in [4.69, 9.17) is 5.73 Å². The fraction of sp³-hybridized carbons (Fsp3) is 0. The van der Waals surface area contributed by atoms with Crippen molar-refractivity contribution in [2.24, 2.45) is 0 Å². The summed E-state index contributed by atoms with van der Waals surface area (Å²) in [6.45, 7) is 0. The van der Waals surface area contributed by atoms with E-state index in [1.54, 1.807) is 42.5 Å². The summed E-state index contributed by atoms with van der Waals surface area (Å²) in [5.41, 5.74) is 8.19. The van der Waals surface area contributed by atoms with E-state index in [0.29, 0.717) is 22.0 Å². The molecule has 0 saturated carbocycles. The first-order valence-electron chi connectivity index (χ1n) is 9.84. The first kappa shape index (κ1) is 22.7. The number of nitrogen functional groups attached to an aromatic ring is 1. The minimum Gasteiger partial charge on any atom is -0.507 e. The SMILES string of the molecule is Nc1ccc2cc(S(=O)(=O)NNc3ccc(C(=O)c4ccccc4)cc3[N+](=O)[O-])cc(O)c2c1. The van der Waals surface area contributed by atoms with Gasteiger partial charge in [-0.2, -0.15) is 0 Å². The second-order valence-electron chi connectivity index (χ2n) is 7.34. The van der Waals surface area contributed by atoms with Gasteiger partial charge >= 0.3 is 0 Å².